The van der Waals surface area contributed by atoms with Gasteiger partial charge in [-0.3, -0.25) is 0 Å². The fourth-order valence-corrected chi connectivity index (χ4v) is 3.20. The fraction of sp³-hybridized carbons (Fsp3) is 1.00. The molecule has 0 saturated heterocycles. The van der Waals surface area contributed by atoms with Crippen LogP contribution in [0.15, 0.2) is 0 Å². The highest BCUT2D eigenvalue weighted by molar-refractivity contribution is 4.89. The van der Waals surface area contributed by atoms with Crippen molar-refractivity contribution in [3.8, 4) is 0 Å². The minimum Gasteiger partial charge on any atom is -0.376 e. The van der Waals surface area contributed by atoms with E-state index in [1.807, 2.05) is 0 Å². The van der Waals surface area contributed by atoms with Crippen molar-refractivity contribution in [1.29, 1.82) is 0 Å². The van der Waals surface area contributed by atoms with Gasteiger partial charge in [-0.05, 0) is 45.4 Å². The van der Waals surface area contributed by atoms with Gasteiger partial charge in [0, 0.05) is 12.6 Å². The molecule has 0 bridgehead atoms. The van der Waals surface area contributed by atoms with Crippen LogP contribution in [0.1, 0.15) is 73.1 Å². The van der Waals surface area contributed by atoms with E-state index in [-0.39, 0.29) is 5.60 Å². The molecule has 0 aromatic heterocycles. The van der Waals surface area contributed by atoms with Crippen molar-refractivity contribution in [3.63, 3.8) is 0 Å². The maximum atomic E-state index is 6.31. The summed E-state index contributed by atoms with van der Waals surface area (Å²) in [5.74, 6) is 0.915. The third-order valence-corrected chi connectivity index (χ3v) is 4.49. The first-order valence-corrected chi connectivity index (χ1v) is 8.96. The van der Waals surface area contributed by atoms with Gasteiger partial charge in [0.25, 0.3) is 0 Å². The summed E-state index contributed by atoms with van der Waals surface area (Å²) in [6.07, 6.45) is 8.00. The molecule has 1 aliphatic carbocycles. The molecule has 0 radical (unpaired) electrons. The van der Waals surface area contributed by atoms with Crippen molar-refractivity contribution < 1.29 is 9.47 Å². The van der Waals surface area contributed by atoms with Gasteiger partial charge in [0.05, 0.1) is 24.9 Å². The van der Waals surface area contributed by atoms with Crippen molar-refractivity contribution >= 4 is 0 Å². The topological polar surface area (TPSA) is 30.5 Å². The third kappa shape index (κ3) is 7.62. The molecular weight excluding hydrogens is 262 g/mol. The van der Waals surface area contributed by atoms with Crippen LogP contribution in [-0.4, -0.2) is 37.5 Å². The first-order valence-electron chi connectivity index (χ1n) is 8.96. The molecule has 21 heavy (non-hydrogen) atoms. The predicted molar refractivity (Wildman–Crippen MR) is 89.8 cm³/mol. The second kappa shape index (κ2) is 9.81. The Morgan fingerprint density at radius 2 is 1.76 bits per heavy atom. The Balaban J connectivity index is 2.43. The lowest BCUT2D eigenvalue weighted by molar-refractivity contribution is -0.0985. The molecular formula is C18H37NO2. The van der Waals surface area contributed by atoms with E-state index in [1.54, 1.807) is 0 Å². The average molecular weight is 299 g/mol. The summed E-state index contributed by atoms with van der Waals surface area (Å²) in [5.41, 5.74) is 0.0366. The van der Waals surface area contributed by atoms with Crippen LogP contribution in [0.4, 0.5) is 0 Å². The molecule has 126 valence electrons. The summed E-state index contributed by atoms with van der Waals surface area (Å²) in [6.45, 7) is 13.3. The Morgan fingerprint density at radius 3 is 2.29 bits per heavy atom. The summed E-state index contributed by atoms with van der Waals surface area (Å²) in [7, 11) is 0. The second-order valence-corrected chi connectivity index (χ2v) is 7.22. The Bertz CT molecular complexity index is 258. The Labute approximate surface area is 132 Å². The molecule has 3 nitrogen and oxygen atoms in total. The Kier molecular flexibility index (Phi) is 8.84. The first kappa shape index (κ1) is 18.9. The van der Waals surface area contributed by atoms with Crippen LogP contribution in [0.3, 0.4) is 0 Å². The molecule has 0 spiro atoms. The molecule has 0 aromatic rings. The van der Waals surface area contributed by atoms with E-state index >= 15 is 0 Å². The quantitative estimate of drug-likeness (QED) is 0.615. The van der Waals surface area contributed by atoms with Gasteiger partial charge < -0.3 is 14.8 Å². The molecule has 0 amide bonds. The molecule has 3 heteroatoms. The average Bonchev–Trinajstić information content (AvgIpc) is 2.44. The van der Waals surface area contributed by atoms with E-state index in [1.165, 1.54) is 38.5 Å². The number of nitrogens with one attached hydrogen (secondary N) is 1. The van der Waals surface area contributed by atoms with E-state index < -0.39 is 0 Å². The molecule has 0 aromatic carbocycles. The standard InChI is InChI=1S/C18H37NO2/c1-6-7-17-8-10-18(11-9-17,14-19-15(2)3)21-13-12-20-16(4)5/h15-17,19H,6-14H2,1-5H3. The van der Waals surface area contributed by atoms with Crippen LogP contribution >= 0.6 is 0 Å². The Morgan fingerprint density at radius 1 is 1.10 bits per heavy atom. The minimum atomic E-state index is 0.0366. The lowest BCUT2D eigenvalue weighted by atomic mass is 9.77. The van der Waals surface area contributed by atoms with Crippen LogP contribution in [-0.2, 0) is 9.47 Å². The van der Waals surface area contributed by atoms with Gasteiger partial charge in [-0.15, -0.1) is 0 Å². The van der Waals surface area contributed by atoms with Crippen molar-refractivity contribution in [2.45, 2.75) is 90.9 Å². The highest BCUT2D eigenvalue weighted by Gasteiger charge is 2.35. The van der Waals surface area contributed by atoms with E-state index in [0.29, 0.717) is 18.8 Å². The smallest absolute Gasteiger partial charge is 0.0807 e. The van der Waals surface area contributed by atoms with E-state index in [0.717, 1.165) is 19.1 Å². The van der Waals surface area contributed by atoms with Gasteiger partial charge in [-0.25, -0.2) is 0 Å². The van der Waals surface area contributed by atoms with Crippen molar-refractivity contribution in [2.24, 2.45) is 5.92 Å². The number of ether oxygens (including phenoxy) is 2. The van der Waals surface area contributed by atoms with Crippen molar-refractivity contribution in [1.82, 2.24) is 5.32 Å². The van der Waals surface area contributed by atoms with Gasteiger partial charge in [0.2, 0.25) is 0 Å². The van der Waals surface area contributed by atoms with Gasteiger partial charge >= 0.3 is 0 Å². The second-order valence-electron chi connectivity index (χ2n) is 7.22. The monoisotopic (exact) mass is 299 g/mol. The zero-order valence-electron chi connectivity index (χ0n) is 14.9. The Hall–Kier alpha value is -0.120. The van der Waals surface area contributed by atoms with Crippen LogP contribution in [0.25, 0.3) is 0 Å². The molecule has 1 rings (SSSR count). The number of hydrogen-bond donors (Lipinski definition) is 1. The lowest BCUT2D eigenvalue weighted by Gasteiger charge is -2.41. The van der Waals surface area contributed by atoms with Crippen LogP contribution in [0.2, 0.25) is 0 Å². The van der Waals surface area contributed by atoms with Gasteiger partial charge in [-0.1, -0.05) is 33.6 Å². The molecule has 1 aliphatic rings. The molecule has 1 N–H and O–H groups in total. The molecule has 0 heterocycles. The maximum absolute atomic E-state index is 6.31. The van der Waals surface area contributed by atoms with E-state index in [2.05, 4.69) is 39.9 Å². The van der Waals surface area contributed by atoms with Crippen LogP contribution in [0, 0.1) is 5.92 Å². The molecule has 0 aliphatic heterocycles. The van der Waals surface area contributed by atoms with Crippen LogP contribution in [0.5, 0.6) is 0 Å². The first-order chi connectivity index (χ1) is 9.97. The van der Waals surface area contributed by atoms with E-state index in [9.17, 15) is 0 Å². The summed E-state index contributed by atoms with van der Waals surface area (Å²) >= 11 is 0. The minimum absolute atomic E-state index is 0.0366. The summed E-state index contributed by atoms with van der Waals surface area (Å²) in [4.78, 5) is 0. The van der Waals surface area contributed by atoms with Crippen LogP contribution < -0.4 is 5.32 Å². The number of hydrogen-bond acceptors (Lipinski definition) is 3. The molecule has 1 fully saturated rings. The normalized spacial score (nSPS) is 26.7. The number of rotatable bonds is 10. The molecule has 0 unspecified atom stereocenters. The van der Waals surface area contributed by atoms with Gasteiger partial charge in [0.15, 0.2) is 0 Å². The predicted octanol–water partition coefficient (Wildman–Crippen LogP) is 4.16. The fourth-order valence-electron chi connectivity index (χ4n) is 3.20. The summed E-state index contributed by atoms with van der Waals surface area (Å²) in [6, 6.07) is 0.519. The third-order valence-electron chi connectivity index (χ3n) is 4.49. The van der Waals surface area contributed by atoms with Gasteiger partial charge in [0.1, 0.15) is 0 Å². The van der Waals surface area contributed by atoms with Gasteiger partial charge in [-0.2, -0.15) is 0 Å². The highest BCUT2D eigenvalue weighted by Crippen LogP contribution is 2.36. The summed E-state index contributed by atoms with van der Waals surface area (Å²) < 4.78 is 11.9. The molecule has 0 atom stereocenters. The van der Waals surface area contributed by atoms with E-state index in [4.69, 9.17) is 9.47 Å². The zero-order chi connectivity index (χ0) is 15.7. The van der Waals surface area contributed by atoms with Crippen molar-refractivity contribution in [2.75, 3.05) is 19.8 Å². The van der Waals surface area contributed by atoms with Crippen molar-refractivity contribution in [3.05, 3.63) is 0 Å². The SMILES string of the molecule is CCCC1CCC(CNC(C)C)(OCCOC(C)C)CC1. The highest BCUT2D eigenvalue weighted by atomic mass is 16.5. The lowest BCUT2D eigenvalue weighted by Crippen LogP contribution is -2.48. The molecule has 1 saturated carbocycles. The zero-order valence-corrected chi connectivity index (χ0v) is 14.9. The largest absolute Gasteiger partial charge is 0.376 e. The summed E-state index contributed by atoms with van der Waals surface area (Å²) in [5, 5.41) is 3.59. The maximum Gasteiger partial charge on any atom is 0.0807 e.